The molecule has 1 aliphatic heterocycles. The molecule has 0 unspecified atom stereocenters. The molecule has 7 heteroatoms. The Morgan fingerprint density at radius 2 is 2.20 bits per heavy atom. The second kappa shape index (κ2) is 3.34. The van der Waals surface area contributed by atoms with Gasteiger partial charge in [0.1, 0.15) is 6.61 Å². The van der Waals surface area contributed by atoms with Gasteiger partial charge >= 0.3 is 6.09 Å². The lowest BCUT2D eigenvalue weighted by atomic mass is 10.2. The van der Waals surface area contributed by atoms with Crippen LogP contribution in [-0.2, 0) is 19.0 Å². The SMILES string of the molecule is CS(=O)(=O)OCC1(N2CCOC2=O)CC1. The van der Waals surface area contributed by atoms with E-state index in [1.165, 1.54) is 0 Å². The summed E-state index contributed by atoms with van der Waals surface area (Å²) in [7, 11) is -3.44. The molecule has 6 nitrogen and oxygen atoms in total. The fourth-order valence-corrected chi connectivity index (χ4v) is 2.11. The molecule has 0 aromatic carbocycles. The van der Waals surface area contributed by atoms with Gasteiger partial charge in [-0.2, -0.15) is 8.42 Å². The third kappa shape index (κ3) is 2.23. The average Bonchev–Trinajstić information content (AvgIpc) is 2.79. The number of carbonyl (C=O) groups excluding carboxylic acids is 1. The van der Waals surface area contributed by atoms with E-state index in [0.29, 0.717) is 13.2 Å². The van der Waals surface area contributed by atoms with Gasteiger partial charge in [-0.3, -0.25) is 9.08 Å². The number of cyclic esters (lactones) is 1. The fraction of sp³-hybridized carbons (Fsp3) is 0.875. The van der Waals surface area contributed by atoms with E-state index < -0.39 is 15.7 Å². The zero-order valence-electron chi connectivity index (χ0n) is 8.43. The normalized spacial score (nSPS) is 24.1. The summed E-state index contributed by atoms with van der Waals surface area (Å²) < 4.78 is 31.2. The van der Waals surface area contributed by atoms with Gasteiger partial charge in [0.05, 0.1) is 24.9 Å². The van der Waals surface area contributed by atoms with Gasteiger partial charge in [0.2, 0.25) is 0 Å². The van der Waals surface area contributed by atoms with Crippen LogP contribution in [0.25, 0.3) is 0 Å². The van der Waals surface area contributed by atoms with Crippen molar-refractivity contribution in [3.8, 4) is 0 Å². The number of ether oxygens (including phenoxy) is 1. The first-order valence-electron chi connectivity index (χ1n) is 4.72. The summed E-state index contributed by atoms with van der Waals surface area (Å²) in [6.07, 6.45) is 2.19. The van der Waals surface area contributed by atoms with Crippen LogP contribution in [0.1, 0.15) is 12.8 Å². The minimum absolute atomic E-state index is 0.0426. The average molecular weight is 235 g/mol. The Labute approximate surface area is 88.3 Å². The third-order valence-corrected chi connectivity index (χ3v) is 3.25. The lowest BCUT2D eigenvalue weighted by Gasteiger charge is -2.24. The molecule has 1 aliphatic carbocycles. The molecule has 0 bridgehead atoms. The van der Waals surface area contributed by atoms with Crippen LogP contribution in [0, 0.1) is 0 Å². The predicted molar refractivity (Wildman–Crippen MR) is 50.8 cm³/mol. The summed E-state index contributed by atoms with van der Waals surface area (Å²) in [6.45, 7) is 0.937. The Kier molecular flexibility index (Phi) is 2.38. The zero-order chi connectivity index (χ0) is 11.1. The molecule has 2 aliphatic rings. The summed E-state index contributed by atoms with van der Waals surface area (Å²) in [5, 5.41) is 0. The van der Waals surface area contributed by atoms with Crippen molar-refractivity contribution >= 4 is 16.2 Å². The summed E-state index contributed by atoms with van der Waals surface area (Å²) in [6, 6.07) is 0. The van der Waals surface area contributed by atoms with E-state index in [0.717, 1.165) is 19.1 Å². The molecular formula is C8H13NO5S. The van der Waals surface area contributed by atoms with Gasteiger partial charge in [-0.15, -0.1) is 0 Å². The molecule has 1 saturated carbocycles. The summed E-state index contributed by atoms with van der Waals surface area (Å²) in [5.41, 5.74) is -0.434. The van der Waals surface area contributed by atoms with E-state index in [2.05, 4.69) is 0 Å². The molecule has 1 amide bonds. The fourth-order valence-electron chi connectivity index (χ4n) is 1.68. The van der Waals surface area contributed by atoms with E-state index in [9.17, 15) is 13.2 Å². The Morgan fingerprint density at radius 1 is 1.53 bits per heavy atom. The maximum Gasteiger partial charge on any atom is 0.410 e. The highest BCUT2D eigenvalue weighted by atomic mass is 32.2. The molecule has 1 saturated heterocycles. The third-order valence-electron chi connectivity index (χ3n) is 2.70. The number of hydrogen-bond acceptors (Lipinski definition) is 5. The van der Waals surface area contributed by atoms with Crippen molar-refractivity contribution in [2.24, 2.45) is 0 Å². The monoisotopic (exact) mass is 235 g/mol. The number of amides is 1. The smallest absolute Gasteiger partial charge is 0.410 e. The lowest BCUT2D eigenvalue weighted by Crippen LogP contribution is -2.41. The van der Waals surface area contributed by atoms with E-state index in [1.807, 2.05) is 0 Å². The minimum Gasteiger partial charge on any atom is -0.448 e. The van der Waals surface area contributed by atoms with Crippen LogP contribution in [-0.4, -0.2) is 51.0 Å². The Bertz CT molecular complexity index is 372. The second-order valence-electron chi connectivity index (χ2n) is 3.96. The summed E-state index contributed by atoms with van der Waals surface area (Å²) >= 11 is 0. The molecule has 0 N–H and O–H groups in total. The van der Waals surface area contributed by atoms with Crippen molar-refractivity contribution in [3.63, 3.8) is 0 Å². The molecule has 2 fully saturated rings. The highest BCUT2D eigenvalue weighted by molar-refractivity contribution is 7.85. The van der Waals surface area contributed by atoms with Crippen LogP contribution in [0.4, 0.5) is 4.79 Å². The maximum atomic E-state index is 11.3. The van der Waals surface area contributed by atoms with Crippen molar-refractivity contribution in [2.75, 3.05) is 26.0 Å². The zero-order valence-corrected chi connectivity index (χ0v) is 9.25. The molecule has 0 radical (unpaired) electrons. The molecule has 0 atom stereocenters. The first-order valence-corrected chi connectivity index (χ1v) is 6.53. The van der Waals surface area contributed by atoms with Crippen LogP contribution >= 0.6 is 0 Å². The topological polar surface area (TPSA) is 72.9 Å². The van der Waals surface area contributed by atoms with Crippen LogP contribution < -0.4 is 0 Å². The quantitative estimate of drug-likeness (QED) is 0.639. The van der Waals surface area contributed by atoms with Crippen LogP contribution in [0.5, 0.6) is 0 Å². The van der Waals surface area contributed by atoms with E-state index in [-0.39, 0.29) is 12.7 Å². The predicted octanol–water partition coefficient (Wildman–Crippen LogP) is -0.0526. The molecule has 2 rings (SSSR count). The van der Waals surface area contributed by atoms with Crippen molar-refractivity contribution in [1.29, 1.82) is 0 Å². The number of carbonyl (C=O) groups is 1. The van der Waals surface area contributed by atoms with Gasteiger partial charge in [-0.05, 0) is 12.8 Å². The number of rotatable bonds is 4. The molecule has 15 heavy (non-hydrogen) atoms. The first-order chi connectivity index (χ1) is 6.93. The van der Waals surface area contributed by atoms with E-state index in [4.69, 9.17) is 8.92 Å². The van der Waals surface area contributed by atoms with Crippen LogP contribution in [0.15, 0.2) is 0 Å². The standard InChI is InChI=1S/C8H13NO5S/c1-15(11,12)14-6-8(2-3-8)9-4-5-13-7(9)10/h2-6H2,1H3. The van der Waals surface area contributed by atoms with Gasteiger partial charge in [0, 0.05) is 0 Å². The van der Waals surface area contributed by atoms with Crippen molar-refractivity contribution in [1.82, 2.24) is 4.90 Å². The van der Waals surface area contributed by atoms with Gasteiger partial charge in [0.25, 0.3) is 10.1 Å². The van der Waals surface area contributed by atoms with Gasteiger partial charge in [0.15, 0.2) is 0 Å². The lowest BCUT2D eigenvalue weighted by molar-refractivity contribution is 0.125. The molecule has 0 aromatic heterocycles. The molecular weight excluding hydrogens is 222 g/mol. The summed E-state index contributed by atoms with van der Waals surface area (Å²) in [5.74, 6) is 0. The van der Waals surface area contributed by atoms with E-state index in [1.54, 1.807) is 4.90 Å². The Morgan fingerprint density at radius 3 is 2.60 bits per heavy atom. The molecule has 0 aromatic rings. The maximum absolute atomic E-state index is 11.3. The first kappa shape index (κ1) is 10.7. The van der Waals surface area contributed by atoms with Gasteiger partial charge < -0.3 is 4.74 Å². The molecule has 0 spiro atoms. The second-order valence-corrected chi connectivity index (χ2v) is 5.60. The number of hydrogen-bond donors (Lipinski definition) is 0. The van der Waals surface area contributed by atoms with Crippen molar-refractivity contribution in [3.05, 3.63) is 0 Å². The van der Waals surface area contributed by atoms with Gasteiger partial charge in [-0.25, -0.2) is 4.79 Å². The van der Waals surface area contributed by atoms with E-state index >= 15 is 0 Å². The number of nitrogens with zero attached hydrogens (tertiary/aromatic N) is 1. The highest BCUT2D eigenvalue weighted by Gasteiger charge is 2.53. The summed E-state index contributed by atoms with van der Waals surface area (Å²) in [4.78, 5) is 12.9. The molecule has 86 valence electrons. The largest absolute Gasteiger partial charge is 0.448 e. The minimum atomic E-state index is -3.44. The Hall–Kier alpha value is -0.820. The van der Waals surface area contributed by atoms with Crippen LogP contribution in [0.2, 0.25) is 0 Å². The highest BCUT2D eigenvalue weighted by Crippen LogP contribution is 2.43. The Balaban J connectivity index is 1.99. The van der Waals surface area contributed by atoms with Crippen molar-refractivity contribution in [2.45, 2.75) is 18.4 Å². The van der Waals surface area contributed by atoms with Crippen LogP contribution in [0.3, 0.4) is 0 Å². The van der Waals surface area contributed by atoms with Gasteiger partial charge in [-0.1, -0.05) is 0 Å². The molecule has 1 heterocycles. The van der Waals surface area contributed by atoms with Crippen molar-refractivity contribution < 1.29 is 22.1 Å².